The SMILES string of the molecule is CNC(=O)Cc1csc(Nc2cc3c(cn2)cnn3Cc2ccccc2F)n1. The molecule has 7 nitrogen and oxygen atoms in total. The number of nitrogens with one attached hydrogen (secondary N) is 2. The quantitative estimate of drug-likeness (QED) is 0.523. The molecule has 4 rings (SSSR count). The zero-order valence-electron chi connectivity index (χ0n) is 15.0. The number of benzene rings is 1. The van der Waals surface area contributed by atoms with Gasteiger partial charge in [0.05, 0.1) is 30.4 Å². The van der Waals surface area contributed by atoms with Gasteiger partial charge in [0.25, 0.3) is 0 Å². The predicted molar refractivity (Wildman–Crippen MR) is 106 cm³/mol. The average Bonchev–Trinajstić information content (AvgIpc) is 3.30. The van der Waals surface area contributed by atoms with Gasteiger partial charge in [0.2, 0.25) is 5.91 Å². The third kappa shape index (κ3) is 3.84. The highest BCUT2D eigenvalue weighted by atomic mass is 32.1. The Kier molecular flexibility index (Phi) is 4.98. The van der Waals surface area contributed by atoms with Gasteiger partial charge >= 0.3 is 0 Å². The van der Waals surface area contributed by atoms with Crippen LogP contribution in [0.1, 0.15) is 11.3 Å². The molecule has 0 saturated heterocycles. The third-order valence-corrected chi connectivity index (χ3v) is 5.02. The number of likely N-dealkylation sites (N-methyl/N-ethyl adjacent to an activating group) is 1. The number of rotatable bonds is 6. The number of nitrogens with zero attached hydrogens (tertiary/aromatic N) is 4. The molecule has 0 atom stereocenters. The van der Waals surface area contributed by atoms with Gasteiger partial charge in [-0.25, -0.2) is 14.4 Å². The van der Waals surface area contributed by atoms with Crippen LogP contribution in [0.2, 0.25) is 0 Å². The van der Waals surface area contributed by atoms with E-state index in [0.29, 0.717) is 28.8 Å². The monoisotopic (exact) mass is 396 g/mol. The molecule has 3 aromatic heterocycles. The molecule has 0 radical (unpaired) electrons. The summed E-state index contributed by atoms with van der Waals surface area (Å²) >= 11 is 1.40. The molecule has 0 saturated carbocycles. The summed E-state index contributed by atoms with van der Waals surface area (Å²) in [6, 6.07) is 8.50. The van der Waals surface area contributed by atoms with Crippen molar-refractivity contribution in [1.29, 1.82) is 0 Å². The summed E-state index contributed by atoms with van der Waals surface area (Å²) in [6.07, 6.45) is 3.65. The Hall–Kier alpha value is -3.33. The maximum atomic E-state index is 14.0. The summed E-state index contributed by atoms with van der Waals surface area (Å²) in [5, 5.41) is 13.4. The Morgan fingerprint density at radius 3 is 2.96 bits per heavy atom. The topological polar surface area (TPSA) is 84.7 Å². The summed E-state index contributed by atoms with van der Waals surface area (Å²) in [5.41, 5.74) is 2.10. The Morgan fingerprint density at radius 2 is 2.14 bits per heavy atom. The van der Waals surface area contributed by atoms with E-state index in [0.717, 1.165) is 10.9 Å². The van der Waals surface area contributed by atoms with Crippen molar-refractivity contribution in [1.82, 2.24) is 25.1 Å². The minimum absolute atomic E-state index is 0.0894. The first-order chi connectivity index (χ1) is 13.6. The molecule has 3 heterocycles. The number of carbonyl (C=O) groups is 1. The molecule has 1 amide bonds. The fraction of sp³-hybridized carbons (Fsp3) is 0.158. The zero-order valence-corrected chi connectivity index (χ0v) is 15.8. The van der Waals surface area contributed by atoms with Gasteiger partial charge in [0.15, 0.2) is 5.13 Å². The van der Waals surface area contributed by atoms with Crippen LogP contribution >= 0.6 is 11.3 Å². The Balaban J connectivity index is 1.56. The lowest BCUT2D eigenvalue weighted by molar-refractivity contribution is -0.120. The highest BCUT2D eigenvalue weighted by Gasteiger charge is 2.10. The van der Waals surface area contributed by atoms with E-state index in [1.54, 1.807) is 42.3 Å². The van der Waals surface area contributed by atoms with E-state index in [2.05, 4.69) is 25.7 Å². The largest absolute Gasteiger partial charge is 0.359 e. The molecule has 0 bridgehead atoms. The van der Waals surface area contributed by atoms with E-state index in [-0.39, 0.29) is 18.1 Å². The van der Waals surface area contributed by atoms with Crippen LogP contribution in [-0.2, 0) is 17.8 Å². The summed E-state index contributed by atoms with van der Waals surface area (Å²) in [6.45, 7) is 0.327. The molecule has 0 aliphatic heterocycles. The molecule has 9 heteroatoms. The number of thiazole rings is 1. The second-order valence-electron chi connectivity index (χ2n) is 6.14. The molecule has 0 fully saturated rings. The van der Waals surface area contributed by atoms with Crippen LogP contribution in [0.3, 0.4) is 0 Å². The van der Waals surface area contributed by atoms with Gasteiger partial charge in [-0.05, 0) is 6.07 Å². The maximum absolute atomic E-state index is 14.0. The summed E-state index contributed by atoms with van der Waals surface area (Å²) in [5.74, 6) is 0.252. The van der Waals surface area contributed by atoms with E-state index in [1.807, 2.05) is 11.4 Å². The van der Waals surface area contributed by atoms with Crippen LogP contribution in [-0.4, -0.2) is 32.7 Å². The summed E-state index contributed by atoms with van der Waals surface area (Å²) in [7, 11) is 1.59. The number of fused-ring (bicyclic) bond motifs is 1. The lowest BCUT2D eigenvalue weighted by Crippen LogP contribution is -2.20. The van der Waals surface area contributed by atoms with Crippen LogP contribution in [0, 0.1) is 5.82 Å². The number of halogens is 1. The highest BCUT2D eigenvalue weighted by Crippen LogP contribution is 2.23. The minimum atomic E-state index is -0.259. The van der Waals surface area contributed by atoms with E-state index in [1.165, 1.54) is 17.4 Å². The van der Waals surface area contributed by atoms with Gasteiger partial charge in [0.1, 0.15) is 11.6 Å². The Bertz CT molecular complexity index is 1140. The van der Waals surface area contributed by atoms with Crippen LogP contribution < -0.4 is 10.6 Å². The normalized spacial score (nSPS) is 10.9. The Morgan fingerprint density at radius 1 is 1.29 bits per heavy atom. The number of pyridine rings is 1. The third-order valence-electron chi connectivity index (χ3n) is 4.21. The number of hydrogen-bond acceptors (Lipinski definition) is 6. The fourth-order valence-corrected chi connectivity index (χ4v) is 3.48. The van der Waals surface area contributed by atoms with Crippen molar-refractivity contribution < 1.29 is 9.18 Å². The summed E-state index contributed by atoms with van der Waals surface area (Å²) < 4.78 is 15.7. The summed E-state index contributed by atoms with van der Waals surface area (Å²) in [4.78, 5) is 20.2. The van der Waals surface area contributed by atoms with Gasteiger partial charge in [-0.15, -0.1) is 11.3 Å². The average molecular weight is 396 g/mol. The fourth-order valence-electron chi connectivity index (χ4n) is 2.76. The first-order valence-electron chi connectivity index (χ1n) is 8.59. The highest BCUT2D eigenvalue weighted by molar-refractivity contribution is 7.13. The molecule has 0 spiro atoms. The van der Waals surface area contributed by atoms with Crippen LogP contribution in [0.4, 0.5) is 15.3 Å². The second-order valence-corrected chi connectivity index (χ2v) is 7.00. The van der Waals surface area contributed by atoms with Crippen molar-refractivity contribution in [3.8, 4) is 0 Å². The molecule has 0 aliphatic carbocycles. The molecule has 142 valence electrons. The number of hydrogen-bond donors (Lipinski definition) is 2. The molecular weight excluding hydrogens is 379 g/mol. The van der Waals surface area contributed by atoms with Gasteiger partial charge in [-0.2, -0.15) is 5.10 Å². The zero-order chi connectivity index (χ0) is 19.5. The van der Waals surface area contributed by atoms with Crippen molar-refractivity contribution in [2.24, 2.45) is 0 Å². The van der Waals surface area contributed by atoms with Crippen LogP contribution in [0.25, 0.3) is 10.9 Å². The first-order valence-corrected chi connectivity index (χ1v) is 9.47. The minimum Gasteiger partial charge on any atom is -0.359 e. The molecule has 0 unspecified atom stereocenters. The first kappa shape index (κ1) is 18.1. The van der Waals surface area contributed by atoms with Crippen molar-refractivity contribution in [2.75, 3.05) is 12.4 Å². The van der Waals surface area contributed by atoms with Crippen molar-refractivity contribution in [3.63, 3.8) is 0 Å². The molecule has 2 N–H and O–H groups in total. The van der Waals surface area contributed by atoms with E-state index >= 15 is 0 Å². The maximum Gasteiger partial charge on any atom is 0.225 e. The number of aromatic nitrogens is 4. The lowest BCUT2D eigenvalue weighted by Gasteiger charge is -2.06. The lowest BCUT2D eigenvalue weighted by atomic mass is 10.2. The van der Waals surface area contributed by atoms with E-state index in [9.17, 15) is 9.18 Å². The van der Waals surface area contributed by atoms with Gasteiger partial charge in [0, 0.05) is 35.6 Å². The smallest absolute Gasteiger partial charge is 0.225 e. The van der Waals surface area contributed by atoms with Gasteiger partial charge in [-0.3, -0.25) is 9.48 Å². The molecule has 4 aromatic rings. The second kappa shape index (κ2) is 7.73. The number of carbonyl (C=O) groups excluding carboxylic acids is 1. The van der Waals surface area contributed by atoms with Gasteiger partial charge in [-0.1, -0.05) is 18.2 Å². The van der Waals surface area contributed by atoms with Crippen molar-refractivity contribution in [3.05, 3.63) is 65.2 Å². The molecule has 28 heavy (non-hydrogen) atoms. The Labute approximate surface area is 164 Å². The van der Waals surface area contributed by atoms with Gasteiger partial charge < -0.3 is 10.6 Å². The standard InChI is InChI=1S/C19H17FN6OS/c1-21-18(27)6-14-11-28-19(24-14)25-17-7-16-13(8-22-17)9-23-26(16)10-12-4-2-3-5-15(12)20/h2-5,7-9,11H,6,10H2,1H3,(H,21,27)(H,22,24,25). The molecule has 0 aliphatic rings. The molecular formula is C19H17FN6OS. The van der Waals surface area contributed by atoms with Crippen LogP contribution in [0.5, 0.6) is 0 Å². The van der Waals surface area contributed by atoms with E-state index < -0.39 is 0 Å². The molecule has 1 aromatic carbocycles. The number of amides is 1. The van der Waals surface area contributed by atoms with Crippen molar-refractivity contribution in [2.45, 2.75) is 13.0 Å². The van der Waals surface area contributed by atoms with E-state index in [4.69, 9.17) is 0 Å². The van der Waals surface area contributed by atoms with Crippen LogP contribution in [0.15, 0.2) is 48.1 Å². The number of anilines is 2. The predicted octanol–water partition coefficient (Wildman–Crippen LogP) is 3.11. The van der Waals surface area contributed by atoms with Crippen molar-refractivity contribution >= 4 is 39.1 Å².